The molecule has 0 amide bonds. The van der Waals surface area contributed by atoms with Gasteiger partial charge in [0.2, 0.25) is 0 Å². The zero-order valence-electron chi connectivity index (χ0n) is 12.2. The van der Waals surface area contributed by atoms with Crippen LogP contribution < -0.4 is 9.47 Å². The van der Waals surface area contributed by atoms with Crippen LogP contribution in [0, 0.1) is 5.92 Å². The first-order chi connectivity index (χ1) is 9.71. The summed E-state index contributed by atoms with van der Waals surface area (Å²) in [5.74, 6) is 2.32. The van der Waals surface area contributed by atoms with E-state index in [1.807, 2.05) is 18.2 Å². The Morgan fingerprint density at radius 3 is 2.75 bits per heavy atom. The highest BCUT2D eigenvalue weighted by Crippen LogP contribution is 2.39. The molecule has 1 aromatic rings. The number of benzene rings is 1. The zero-order valence-corrected chi connectivity index (χ0v) is 12.2. The van der Waals surface area contributed by atoms with Gasteiger partial charge in [-0.15, -0.1) is 0 Å². The molecule has 3 atom stereocenters. The van der Waals surface area contributed by atoms with Crippen molar-refractivity contribution in [2.24, 2.45) is 5.92 Å². The topological polar surface area (TPSA) is 41.9 Å². The molecule has 110 valence electrons. The molecule has 0 spiro atoms. The smallest absolute Gasteiger partial charge is 0.124 e. The first-order valence-corrected chi connectivity index (χ1v) is 7.35. The number of aliphatic hydroxyl groups excluding tert-OH is 1. The molecule has 1 aromatic carbocycles. The number of aliphatic hydroxyl groups is 1. The van der Waals surface area contributed by atoms with Crippen molar-refractivity contribution in [3.8, 4) is 11.5 Å². The fourth-order valence-electron chi connectivity index (χ4n) is 3.67. The maximum absolute atomic E-state index is 10.6. The van der Waals surface area contributed by atoms with Crippen LogP contribution in [0.3, 0.4) is 0 Å². The third-order valence-corrected chi connectivity index (χ3v) is 4.73. The third-order valence-electron chi connectivity index (χ3n) is 4.73. The van der Waals surface area contributed by atoms with Crippen molar-refractivity contribution >= 4 is 0 Å². The summed E-state index contributed by atoms with van der Waals surface area (Å²) in [4.78, 5) is 2.43. The maximum Gasteiger partial charge on any atom is 0.124 e. The fourth-order valence-corrected chi connectivity index (χ4v) is 3.67. The Labute approximate surface area is 120 Å². The number of methoxy groups -OCH3 is 2. The van der Waals surface area contributed by atoms with Crippen LogP contribution in [0.5, 0.6) is 11.5 Å². The van der Waals surface area contributed by atoms with Gasteiger partial charge >= 0.3 is 0 Å². The molecule has 4 heteroatoms. The van der Waals surface area contributed by atoms with Gasteiger partial charge in [0.15, 0.2) is 0 Å². The molecule has 1 saturated heterocycles. The van der Waals surface area contributed by atoms with Crippen molar-refractivity contribution in [2.45, 2.75) is 31.4 Å². The van der Waals surface area contributed by atoms with E-state index in [0.717, 1.165) is 29.5 Å². The van der Waals surface area contributed by atoms with Gasteiger partial charge in [0.05, 0.1) is 20.3 Å². The fraction of sp³-hybridized carbons (Fsp3) is 0.625. The molecule has 1 saturated carbocycles. The molecule has 0 radical (unpaired) electrons. The average Bonchev–Trinajstić information content (AvgIpc) is 3.09. The molecule has 1 aliphatic carbocycles. The van der Waals surface area contributed by atoms with E-state index in [1.165, 1.54) is 19.3 Å². The van der Waals surface area contributed by atoms with Gasteiger partial charge < -0.3 is 14.6 Å². The van der Waals surface area contributed by atoms with Crippen LogP contribution in [0.2, 0.25) is 0 Å². The molecule has 1 heterocycles. The van der Waals surface area contributed by atoms with E-state index in [9.17, 15) is 5.11 Å². The minimum absolute atomic E-state index is 0.528. The van der Waals surface area contributed by atoms with E-state index < -0.39 is 6.10 Å². The van der Waals surface area contributed by atoms with E-state index >= 15 is 0 Å². The molecule has 20 heavy (non-hydrogen) atoms. The van der Waals surface area contributed by atoms with Gasteiger partial charge in [-0.05, 0) is 43.4 Å². The standard InChI is InChI=1S/C16H23NO3/c1-19-13-5-6-16(20-2)14(8-13)15(18)10-17-9-11-3-4-12(17)7-11/h5-6,8,11-12,15,18H,3-4,7,9-10H2,1-2H3. The normalized spacial score (nSPS) is 26.8. The third kappa shape index (κ3) is 2.50. The molecule has 0 aromatic heterocycles. The molecule has 4 nitrogen and oxygen atoms in total. The van der Waals surface area contributed by atoms with Crippen molar-refractivity contribution < 1.29 is 14.6 Å². The summed E-state index contributed by atoms with van der Waals surface area (Å²) < 4.78 is 10.6. The molecular weight excluding hydrogens is 254 g/mol. The summed E-state index contributed by atoms with van der Waals surface area (Å²) in [5.41, 5.74) is 0.814. The summed E-state index contributed by atoms with van der Waals surface area (Å²) in [7, 11) is 3.27. The molecule has 2 bridgehead atoms. The van der Waals surface area contributed by atoms with Crippen molar-refractivity contribution in [1.29, 1.82) is 0 Å². The number of likely N-dealkylation sites (tertiary alicyclic amines) is 1. The van der Waals surface area contributed by atoms with Crippen LogP contribution >= 0.6 is 0 Å². The van der Waals surface area contributed by atoms with Crippen molar-refractivity contribution in [3.63, 3.8) is 0 Å². The van der Waals surface area contributed by atoms with Gasteiger partial charge in [0, 0.05) is 24.7 Å². The molecule has 3 unspecified atom stereocenters. The summed E-state index contributed by atoms with van der Waals surface area (Å²) in [6, 6.07) is 6.25. The lowest BCUT2D eigenvalue weighted by molar-refractivity contribution is 0.0926. The van der Waals surface area contributed by atoms with Gasteiger partial charge in [0.1, 0.15) is 11.5 Å². The minimum Gasteiger partial charge on any atom is -0.497 e. The Balaban J connectivity index is 1.74. The second kappa shape index (κ2) is 5.62. The van der Waals surface area contributed by atoms with Gasteiger partial charge in [-0.1, -0.05) is 0 Å². The van der Waals surface area contributed by atoms with Crippen LogP contribution in [0.15, 0.2) is 18.2 Å². The molecule has 1 aliphatic heterocycles. The van der Waals surface area contributed by atoms with E-state index in [2.05, 4.69) is 4.90 Å². The first kappa shape index (κ1) is 13.7. The van der Waals surface area contributed by atoms with Gasteiger partial charge in [-0.2, -0.15) is 0 Å². The number of fused-ring (bicyclic) bond motifs is 2. The van der Waals surface area contributed by atoms with Gasteiger partial charge in [0.25, 0.3) is 0 Å². The highest BCUT2D eigenvalue weighted by atomic mass is 16.5. The molecular formula is C16H23NO3. The zero-order chi connectivity index (χ0) is 14.1. The summed E-state index contributed by atoms with van der Waals surface area (Å²) >= 11 is 0. The Morgan fingerprint density at radius 2 is 2.15 bits per heavy atom. The lowest BCUT2D eigenvalue weighted by Gasteiger charge is -2.29. The second-order valence-corrected chi connectivity index (χ2v) is 5.91. The highest BCUT2D eigenvalue weighted by molar-refractivity contribution is 5.41. The number of β-amino-alcohol motifs (C(OH)–C–C–N with tert-alkyl or cyclic N) is 1. The van der Waals surface area contributed by atoms with Crippen LogP contribution in [0.4, 0.5) is 0 Å². The highest BCUT2D eigenvalue weighted by Gasteiger charge is 2.38. The summed E-state index contributed by atoms with van der Waals surface area (Å²) in [5, 5.41) is 10.6. The van der Waals surface area contributed by atoms with Gasteiger partial charge in [-0.25, -0.2) is 0 Å². The number of piperidine rings is 1. The summed E-state index contributed by atoms with van der Waals surface area (Å²) in [6.45, 7) is 1.82. The summed E-state index contributed by atoms with van der Waals surface area (Å²) in [6.07, 6.45) is 3.42. The van der Waals surface area contributed by atoms with E-state index in [4.69, 9.17) is 9.47 Å². The first-order valence-electron chi connectivity index (χ1n) is 7.35. The molecule has 3 rings (SSSR count). The van der Waals surface area contributed by atoms with Crippen molar-refractivity contribution in [1.82, 2.24) is 4.90 Å². The predicted molar refractivity (Wildman–Crippen MR) is 77.2 cm³/mol. The monoisotopic (exact) mass is 277 g/mol. The lowest BCUT2D eigenvalue weighted by atomic mass is 10.1. The van der Waals surface area contributed by atoms with Crippen molar-refractivity contribution in [3.05, 3.63) is 23.8 Å². The minimum atomic E-state index is -0.528. The number of hydrogen-bond acceptors (Lipinski definition) is 4. The Bertz CT molecular complexity index is 477. The largest absolute Gasteiger partial charge is 0.497 e. The number of ether oxygens (including phenoxy) is 2. The van der Waals surface area contributed by atoms with E-state index in [-0.39, 0.29) is 0 Å². The predicted octanol–water partition coefficient (Wildman–Crippen LogP) is 2.22. The Morgan fingerprint density at radius 1 is 1.30 bits per heavy atom. The lowest BCUT2D eigenvalue weighted by Crippen LogP contribution is -2.35. The second-order valence-electron chi connectivity index (χ2n) is 5.91. The maximum atomic E-state index is 10.6. The van der Waals surface area contributed by atoms with E-state index in [0.29, 0.717) is 12.6 Å². The Kier molecular flexibility index (Phi) is 3.85. The van der Waals surface area contributed by atoms with Crippen LogP contribution in [0.1, 0.15) is 30.9 Å². The van der Waals surface area contributed by atoms with E-state index in [1.54, 1.807) is 14.2 Å². The molecule has 2 aliphatic rings. The molecule has 2 fully saturated rings. The quantitative estimate of drug-likeness (QED) is 0.896. The van der Waals surface area contributed by atoms with Gasteiger partial charge in [-0.3, -0.25) is 4.90 Å². The number of hydrogen-bond donors (Lipinski definition) is 1. The Hall–Kier alpha value is -1.26. The molecule has 1 N–H and O–H groups in total. The van der Waals surface area contributed by atoms with Crippen molar-refractivity contribution in [2.75, 3.05) is 27.3 Å². The number of rotatable bonds is 5. The van der Waals surface area contributed by atoms with Crippen LogP contribution in [-0.2, 0) is 0 Å². The SMILES string of the molecule is COc1ccc(OC)c(C(O)CN2CC3CCC2C3)c1. The number of nitrogens with zero attached hydrogens (tertiary/aromatic N) is 1. The van der Waals surface area contributed by atoms with Crippen LogP contribution in [-0.4, -0.2) is 43.4 Å². The average molecular weight is 277 g/mol. The van der Waals surface area contributed by atoms with Crippen LogP contribution in [0.25, 0.3) is 0 Å².